The summed E-state index contributed by atoms with van der Waals surface area (Å²) in [5.74, 6) is 6.84. The lowest BCUT2D eigenvalue weighted by atomic mass is 10.1. The van der Waals surface area contributed by atoms with Crippen molar-refractivity contribution >= 4 is 10.9 Å². The molecule has 108 valence electrons. The second-order valence-electron chi connectivity index (χ2n) is 4.64. The maximum absolute atomic E-state index is 11.7. The number of fused-ring (bicyclic) bond motifs is 1. The van der Waals surface area contributed by atoms with E-state index in [0.29, 0.717) is 23.0 Å². The second-order valence-corrected chi connectivity index (χ2v) is 4.64. The van der Waals surface area contributed by atoms with Gasteiger partial charge in [0.1, 0.15) is 11.4 Å². The van der Waals surface area contributed by atoms with Crippen LogP contribution < -0.4 is 10.3 Å². The highest BCUT2D eigenvalue weighted by Gasteiger charge is 2.00. The molecular formula is C17H13N3O2. The molecule has 0 unspecified atom stereocenters. The fraction of sp³-hybridized carbons (Fsp3) is 0.118. The molecule has 0 saturated carbocycles. The Morgan fingerprint density at radius 1 is 1.23 bits per heavy atom. The van der Waals surface area contributed by atoms with E-state index in [1.54, 1.807) is 19.4 Å². The van der Waals surface area contributed by atoms with Gasteiger partial charge >= 0.3 is 0 Å². The van der Waals surface area contributed by atoms with Crippen molar-refractivity contribution in [3.63, 3.8) is 0 Å². The van der Waals surface area contributed by atoms with E-state index < -0.39 is 0 Å². The topological polar surface area (TPSA) is 67.9 Å². The highest BCUT2D eigenvalue weighted by Crippen LogP contribution is 2.11. The molecule has 0 radical (unpaired) electrons. The summed E-state index contributed by atoms with van der Waals surface area (Å²) in [4.78, 5) is 22.5. The molecule has 0 aliphatic rings. The van der Waals surface area contributed by atoms with Crippen LogP contribution in [0.1, 0.15) is 11.3 Å². The van der Waals surface area contributed by atoms with Gasteiger partial charge in [0.25, 0.3) is 5.56 Å². The van der Waals surface area contributed by atoms with E-state index in [-0.39, 0.29) is 5.56 Å². The van der Waals surface area contributed by atoms with Crippen LogP contribution in [0, 0.1) is 11.8 Å². The third kappa shape index (κ3) is 2.96. The molecule has 0 fully saturated rings. The number of H-pyrrole nitrogens is 1. The largest absolute Gasteiger partial charge is 0.497 e. The lowest BCUT2D eigenvalue weighted by Gasteiger charge is -1.99. The van der Waals surface area contributed by atoms with Crippen molar-refractivity contribution in [2.75, 3.05) is 7.11 Å². The Morgan fingerprint density at radius 3 is 2.82 bits per heavy atom. The molecule has 2 aromatic heterocycles. The monoisotopic (exact) mass is 291 g/mol. The van der Waals surface area contributed by atoms with Gasteiger partial charge in [0.2, 0.25) is 0 Å². The number of aromatic amines is 1. The van der Waals surface area contributed by atoms with Crippen molar-refractivity contribution in [1.82, 2.24) is 15.0 Å². The molecule has 1 N–H and O–H groups in total. The van der Waals surface area contributed by atoms with Gasteiger partial charge in [-0.15, -0.1) is 0 Å². The van der Waals surface area contributed by atoms with Gasteiger partial charge in [0.15, 0.2) is 0 Å². The van der Waals surface area contributed by atoms with Gasteiger partial charge < -0.3 is 9.72 Å². The minimum Gasteiger partial charge on any atom is -0.497 e. The van der Waals surface area contributed by atoms with E-state index in [4.69, 9.17) is 4.74 Å². The van der Waals surface area contributed by atoms with Crippen molar-refractivity contribution in [2.45, 2.75) is 6.42 Å². The number of nitrogens with zero attached hydrogens (tertiary/aromatic N) is 2. The number of methoxy groups -OCH3 is 1. The molecule has 1 aromatic carbocycles. The quantitative estimate of drug-likeness (QED) is 0.732. The predicted octanol–water partition coefficient (Wildman–Crippen LogP) is 1.92. The van der Waals surface area contributed by atoms with Crippen LogP contribution in [0.15, 0.2) is 47.7 Å². The van der Waals surface area contributed by atoms with Gasteiger partial charge in [-0.05, 0) is 29.7 Å². The first-order valence-corrected chi connectivity index (χ1v) is 6.71. The number of pyridine rings is 1. The third-order valence-corrected chi connectivity index (χ3v) is 3.19. The first-order valence-electron chi connectivity index (χ1n) is 6.71. The van der Waals surface area contributed by atoms with Crippen molar-refractivity contribution in [3.05, 3.63) is 64.5 Å². The van der Waals surface area contributed by atoms with Crippen LogP contribution in [0.3, 0.4) is 0 Å². The van der Waals surface area contributed by atoms with Gasteiger partial charge in [-0.25, -0.2) is 9.97 Å². The van der Waals surface area contributed by atoms with Crippen LogP contribution in [0.2, 0.25) is 0 Å². The zero-order valence-corrected chi connectivity index (χ0v) is 12.0. The molecule has 5 nitrogen and oxygen atoms in total. The highest BCUT2D eigenvalue weighted by atomic mass is 16.5. The standard InChI is InChI=1S/C17H13N3O2/c1-22-14-7-5-12(6-8-14)3-2-4-13-9-15-16(10-18-13)19-11-20-17(15)21/h5-11H,3H2,1H3,(H,19,20,21). The fourth-order valence-corrected chi connectivity index (χ4v) is 2.02. The number of ether oxygens (including phenoxy) is 1. The smallest absolute Gasteiger partial charge is 0.258 e. The van der Waals surface area contributed by atoms with Gasteiger partial charge in [-0.2, -0.15) is 0 Å². The minimum atomic E-state index is -0.189. The zero-order valence-electron chi connectivity index (χ0n) is 12.0. The van der Waals surface area contributed by atoms with Crippen LogP contribution in [0.4, 0.5) is 0 Å². The van der Waals surface area contributed by atoms with Crippen LogP contribution in [-0.2, 0) is 6.42 Å². The van der Waals surface area contributed by atoms with E-state index in [0.717, 1.165) is 11.3 Å². The fourth-order valence-electron chi connectivity index (χ4n) is 2.02. The normalized spacial score (nSPS) is 10.0. The average molecular weight is 291 g/mol. The van der Waals surface area contributed by atoms with Gasteiger partial charge in [-0.3, -0.25) is 4.79 Å². The van der Waals surface area contributed by atoms with Crippen molar-refractivity contribution in [2.24, 2.45) is 0 Å². The van der Waals surface area contributed by atoms with E-state index in [2.05, 4.69) is 26.8 Å². The highest BCUT2D eigenvalue weighted by molar-refractivity contribution is 5.77. The van der Waals surface area contributed by atoms with Gasteiger partial charge in [0, 0.05) is 6.42 Å². The molecule has 22 heavy (non-hydrogen) atoms. The summed E-state index contributed by atoms with van der Waals surface area (Å²) >= 11 is 0. The van der Waals surface area contributed by atoms with E-state index >= 15 is 0 Å². The molecule has 3 rings (SSSR count). The van der Waals surface area contributed by atoms with E-state index in [9.17, 15) is 4.79 Å². The molecule has 3 aromatic rings. The van der Waals surface area contributed by atoms with E-state index in [1.807, 2.05) is 24.3 Å². The summed E-state index contributed by atoms with van der Waals surface area (Å²) < 4.78 is 5.11. The molecule has 0 aliphatic heterocycles. The number of hydrogen-bond donors (Lipinski definition) is 1. The Hall–Kier alpha value is -3.13. The number of rotatable bonds is 2. The molecule has 0 spiro atoms. The Labute approximate surface area is 127 Å². The third-order valence-electron chi connectivity index (χ3n) is 3.19. The van der Waals surface area contributed by atoms with Gasteiger partial charge in [0.05, 0.1) is 30.5 Å². The molecule has 0 aliphatic carbocycles. The summed E-state index contributed by atoms with van der Waals surface area (Å²) in [6.07, 6.45) is 3.52. The SMILES string of the molecule is COc1ccc(CC#Cc2cc3c(=O)[nH]cnc3cn2)cc1. The maximum atomic E-state index is 11.7. The summed E-state index contributed by atoms with van der Waals surface area (Å²) in [5.41, 5.74) is 2.02. The molecular weight excluding hydrogens is 278 g/mol. The van der Waals surface area contributed by atoms with Crippen molar-refractivity contribution in [1.29, 1.82) is 0 Å². The van der Waals surface area contributed by atoms with Gasteiger partial charge in [-0.1, -0.05) is 18.1 Å². The Morgan fingerprint density at radius 2 is 2.05 bits per heavy atom. The first-order chi connectivity index (χ1) is 10.8. The van der Waals surface area contributed by atoms with Crippen molar-refractivity contribution < 1.29 is 4.74 Å². The summed E-state index contributed by atoms with van der Waals surface area (Å²) in [5, 5.41) is 0.492. The molecule has 0 bridgehead atoms. The molecule has 0 amide bonds. The summed E-state index contributed by atoms with van der Waals surface area (Å²) in [6.45, 7) is 0. The van der Waals surface area contributed by atoms with Crippen LogP contribution in [-0.4, -0.2) is 22.1 Å². The lowest BCUT2D eigenvalue weighted by molar-refractivity contribution is 0.414. The second kappa shape index (κ2) is 6.10. The number of hydrogen-bond acceptors (Lipinski definition) is 4. The number of aromatic nitrogens is 3. The lowest BCUT2D eigenvalue weighted by Crippen LogP contribution is -2.06. The Kier molecular flexibility index (Phi) is 3.84. The number of benzene rings is 1. The zero-order chi connectivity index (χ0) is 15.4. The van der Waals surface area contributed by atoms with Crippen LogP contribution in [0.25, 0.3) is 10.9 Å². The number of nitrogens with one attached hydrogen (secondary N) is 1. The first kappa shape index (κ1) is 13.8. The average Bonchev–Trinajstić information content (AvgIpc) is 2.56. The minimum absolute atomic E-state index is 0.189. The van der Waals surface area contributed by atoms with E-state index in [1.165, 1.54) is 6.33 Å². The molecule has 0 saturated heterocycles. The molecule has 0 atom stereocenters. The molecule has 5 heteroatoms. The predicted molar refractivity (Wildman–Crippen MR) is 83.7 cm³/mol. The van der Waals surface area contributed by atoms with Crippen LogP contribution >= 0.6 is 0 Å². The van der Waals surface area contributed by atoms with Crippen LogP contribution in [0.5, 0.6) is 5.75 Å². The Balaban J connectivity index is 1.81. The summed E-state index contributed by atoms with van der Waals surface area (Å²) in [6, 6.07) is 9.39. The summed E-state index contributed by atoms with van der Waals surface area (Å²) in [7, 11) is 1.64. The Bertz CT molecular complexity index is 918. The molecule has 2 heterocycles. The maximum Gasteiger partial charge on any atom is 0.258 e. The van der Waals surface area contributed by atoms with Crippen molar-refractivity contribution in [3.8, 4) is 17.6 Å².